The van der Waals surface area contributed by atoms with Crippen molar-refractivity contribution >= 4 is 10.1 Å². The highest BCUT2D eigenvalue weighted by atomic mass is 32.2. The molecule has 0 heterocycles. The molecule has 0 N–H and O–H groups in total. The zero-order valence-electron chi connectivity index (χ0n) is 11.2. The van der Waals surface area contributed by atoms with E-state index in [1.165, 1.54) is 12.0 Å². The Morgan fingerprint density at radius 1 is 1.37 bits per heavy atom. The molecule has 0 amide bonds. The summed E-state index contributed by atoms with van der Waals surface area (Å²) in [6, 6.07) is 5.95. The first-order chi connectivity index (χ1) is 8.88. The van der Waals surface area contributed by atoms with Crippen LogP contribution in [0.3, 0.4) is 0 Å². The Kier molecular flexibility index (Phi) is 2.75. The van der Waals surface area contributed by atoms with E-state index in [1.54, 1.807) is 0 Å². The fraction of sp³-hybridized carbons (Fsp3) is 0.467. The summed E-state index contributed by atoms with van der Waals surface area (Å²) >= 11 is 0. The molecule has 0 aliphatic heterocycles. The van der Waals surface area contributed by atoms with Crippen molar-refractivity contribution in [3.05, 3.63) is 41.5 Å². The quantitative estimate of drug-likeness (QED) is 0.630. The molecule has 2 aliphatic carbocycles. The van der Waals surface area contributed by atoms with Gasteiger partial charge in [0, 0.05) is 5.41 Å². The van der Waals surface area contributed by atoms with Crippen molar-refractivity contribution in [1.82, 2.24) is 0 Å². The van der Waals surface area contributed by atoms with Gasteiger partial charge >= 0.3 is 10.1 Å². The molecule has 0 aromatic heterocycles. The number of benzene rings is 1. The molecule has 0 radical (unpaired) electrons. The van der Waals surface area contributed by atoms with Gasteiger partial charge in [-0.25, -0.2) is 0 Å². The van der Waals surface area contributed by atoms with E-state index >= 15 is 0 Å². The Labute approximate surface area is 114 Å². The largest absolute Gasteiger partial charge is 0.382 e. The molecule has 4 heteroatoms. The average Bonchev–Trinajstić information content (AvgIpc) is 2.91. The van der Waals surface area contributed by atoms with Crippen LogP contribution >= 0.6 is 0 Å². The van der Waals surface area contributed by atoms with Crippen LogP contribution in [0.4, 0.5) is 0 Å². The van der Waals surface area contributed by atoms with Crippen molar-refractivity contribution in [2.24, 2.45) is 5.92 Å². The predicted molar refractivity (Wildman–Crippen MR) is 74.8 cm³/mol. The topological polar surface area (TPSA) is 43.4 Å². The van der Waals surface area contributed by atoms with Crippen LogP contribution in [0.15, 0.2) is 30.4 Å². The number of rotatable bonds is 3. The predicted octanol–water partition coefficient (Wildman–Crippen LogP) is 2.94. The molecule has 2 atom stereocenters. The number of hydrogen-bond acceptors (Lipinski definition) is 3. The van der Waals surface area contributed by atoms with Gasteiger partial charge in [-0.2, -0.15) is 8.42 Å². The zero-order valence-corrected chi connectivity index (χ0v) is 12.0. The first kappa shape index (κ1) is 12.7. The summed E-state index contributed by atoms with van der Waals surface area (Å²) in [6.07, 6.45) is 9.19. The van der Waals surface area contributed by atoms with Gasteiger partial charge in [-0.3, -0.25) is 0 Å². The molecule has 102 valence electrons. The molecule has 2 unspecified atom stereocenters. The maximum absolute atomic E-state index is 11.3. The van der Waals surface area contributed by atoms with Crippen molar-refractivity contribution in [2.75, 3.05) is 6.26 Å². The number of aryl methyl sites for hydroxylation is 1. The van der Waals surface area contributed by atoms with Gasteiger partial charge in [0.25, 0.3) is 0 Å². The normalized spacial score (nSPS) is 28.8. The molecule has 0 spiro atoms. The van der Waals surface area contributed by atoms with Crippen LogP contribution < -0.4 is 4.18 Å². The second kappa shape index (κ2) is 4.10. The first-order valence-corrected chi connectivity index (χ1v) is 8.40. The van der Waals surface area contributed by atoms with Gasteiger partial charge in [-0.05, 0) is 49.3 Å². The molecule has 2 aliphatic rings. The lowest BCUT2D eigenvalue weighted by molar-refractivity contribution is 0.488. The maximum atomic E-state index is 11.3. The van der Waals surface area contributed by atoms with Crippen LogP contribution in [-0.2, 0) is 15.5 Å². The van der Waals surface area contributed by atoms with Crippen molar-refractivity contribution < 1.29 is 12.6 Å². The SMILES string of the molecule is Cc1ccc(C23C=CC(CC2)C3)cc1OS(C)(=O)=O. The lowest BCUT2D eigenvalue weighted by Gasteiger charge is -2.25. The smallest absolute Gasteiger partial charge is 0.306 e. The standard InChI is InChI=1S/C15H18O3S/c1-11-3-4-13(9-14(11)18-19(2,16)17)15-7-5-12(10-15)6-8-15/h3-5,7,9,12H,6,8,10H2,1-2H3. The molecule has 2 bridgehead atoms. The minimum Gasteiger partial charge on any atom is -0.382 e. The fourth-order valence-electron chi connectivity index (χ4n) is 3.27. The Morgan fingerprint density at radius 3 is 2.68 bits per heavy atom. The van der Waals surface area contributed by atoms with Crippen LogP contribution in [0.1, 0.15) is 30.4 Å². The minimum atomic E-state index is -3.47. The van der Waals surface area contributed by atoms with Gasteiger partial charge in [-0.1, -0.05) is 24.3 Å². The summed E-state index contributed by atoms with van der Waals surface area (Å²) in [5.74, 6) is 1.15. The maximum Gasteiger partial charge on any atom is 0.306 e. The molecular weight excluding hydrogens is 260 g/mol. The molecule has 3 nitrogen and oxygen atoms in total. The molecule has 1 aromatic carbocycles. The average molecular weight is 278 g/mol. The van der Waals surface area contributed by atoms with E-state index in [9.17, 15) is 8.42 Å². The summed E-state index contributed by atoms with van der Waals surface area (Å²) in [6.45, 7) is 1.86. The molecule has 0 saturated heterocycles. The van der Waals surface area contributed by atoms with Gasteiger partial charge in [0.15, 0.2) is 0 Å². The Balaban J connectivity index is 2.00. The van der Waals surface area contributed by atoms with Crippen molar-refractivity contribution in [1.29, 1.82) is 0 Å². The minimum absolute atomic E-state index is 0.105. The van der Waals surface area contributed by atoms with E-state index in [0.29, 0.717) is 11.7 Å². The summed E-state index contributed by atoms with van der Waals surface area (Å²) in [7, 11) is -3.47. The van der Waals surface area contributed by atoms with E-state index in [4.69, 9.17) is 4.18 Å². The van der Waals surface area contributed by atoms with Crippen LogP contribution in [0.2, 0.25) is 0 Å². The van der Waals surface area contributed by atoms with E-state index < -0.39 is 10.1 Å². The molecule has 1 aromatic rings. The van der Waals surface area contributed by atoms with Gasteiger partial charge in [0.05, 0.1) is 6.26 Å². The van der Waals surface area contributed by atoms with E-state index in [-0.39, 0.29) is 5.41 Å². The van der Waals surface area contributed by atoms with E-state index in [1.807, 2.05) is 19.1 Å². The fourth-order valence-corrected chi connectivity index (χ4v) is 3.78. The molecule has 3 rings (SSSR count). The molecule has 1 saturated carbocycles. The molecular formula is C15H18O3S. The third-order valence-corrected chi connectivity index (χ3v) is 4.76. The van der Waals surface area contributed by atoms with Crippen LogP contribution in [0.25, 0.3) is 0 Å². The van der Waals surface area contributed by atoms with Gasteiger partial charge in [0.1, 0.15) is 5.75 Å². The highest BCUT2D eigenvalue weighted by Crippen LogP contribution is 2.51. The third-order valence-electron chi connectivity index (χ3n) is 4.28. The highest BCUT2D eigenvalue weighted by Gasteiger charge is 2.42. The van der Waals surface area contributed by atoms with E-state index in [2.05, 4.69) is 18.2 Å². The van der Waals surface area contributed by atoms with Gasteiger partial charge in [0.2, 0.25) is 0 Å². The van der Waals surface area contributed by atoms with Gasteiger partial charge in [-0.15, -0.1) is 0 Å². The Morgan fingerprint density at radius 2 is 2.16 bits per heavy atom. The van der Waals surface area contributed by atoms with Crippen LogP contribution in [0.5, 0.6) is 5.75 Å². The van der Waals surface area contributed by atoms with Crippen molar-refractivity contribution in [3.63, 3.8) is 0 Å². The number of allylic oxidation sites excluding steroid dienone is 2. The van der Waals surface area contributed by atoms with Crippen LogP contribution in [-0.4, -0.2) is 14.7 Å². The Bertz CT molecular complexity index is 645. The van der Waals surface area contributed by atoms with Crippen molar-refractivity contribution in [2.45, 2.75) is 31.6 Å². The van der Waals surface area contributed by atoms with Crippen molar-refractivity contribution in [3.8, 4) is 5.75 Å². The monoisotopic (exact) mass is 278 g/mol. The number of fused-ring (bicyclic) bond motifs is 2. The molecule has 1 fully saturated rings. The summed E-state index contributed by atoms with van der Waals surface area (Å²) in [5.41, 5.74) is 2.13. The summed E-state index contributed by atoms with van der Waals surface area (Å²) in [4.78, 5) is 0. The second-order valence-corrected chi connectivity index (χ2v) is 7.36. The highest BCUT2D eigenvalue weighted by molar-refractivity contribution is 7.86. The van der Waals surface area contributed by atoms with E-state index in [0.717, 1.165) is 24.7 Å². The molecule has 19 heavy (non-hydrogen) atoms. The van der Waals surface area contributed by atoms with Crippen LogP contribution in [0, 0.1) is 12.8 Å². The third kappa shape index (κ3) is 2.29. The Hall–Kier alpha value is -1.29. The first-order valence-electron chi connectivity index (χ1n) is 6.58. The lowest BCUT2D eigenvalue weighted by Crippen LogP contribution is -2.18. The summed E-state index contributed by atoms with van der Waals surface area (Å²) in [5, 5.41) is 0. The van der Waals surface area contributed by atoms with Gasteiger partial charge < -0.3 is 4.18 Å². The lowest BCUT2D eigenvalue weighted by atomic mass is 9.80. The second-order valence-electron chi connectivity index (χ2n) is 5.79. The summed E-state index contributed by atoms with van der Waals surface area (Å²) < 4.78 is 27.7. The number of hydrogen-bond donors (Lipinski definition) is 0. The zero-order chi connectivity index (χ0) is 13.7.